The molecule has 0 spiro atoms. The van der Waals surface area contributed by atoms with Gasteiger partial charge in [-0.05, 0) is 30.4 Å². The van der Waals surface area contributed by atoms with E-state index in [0.29, 0.717) is 17.9 Å². The van der Waals surface area contributed by atoms with Gasteiger partial charge in [-0.15, -0.1) is 5.46 Å². The van der Waals surface area contributed by atoms with Gasteiger partial charge < -0.3 is 17.7 Å². The third kappa shape index (κ3) is 4.63. The van der Waals surface area contributed by atoms with Crippen LogP contribution in [0, 0.1) is 12.3 Å². The first-order valence-electron chi connectivity index (χ1n) is 6.03. The fourth-order valence-electron chi connectivity index (χ4n) is 1.51. The summed E-state index contributed by atoms with van der Waals surface area (Å²) < 4.78 is 43.1. The average Bonchev–Trinajstić information content (AvgIpc) is 2.17. The van der Waals surface area contributed by atoms with Crippen LogP contribution in [0.5, 0.6) is 5.75 Å². The smallest absolute Gasteiger partial charge is 0.493 e. The van der Waals surface area contributed by atoms with Crippen molar-refractivity contribution in [3.05, 3.63) is 23.8 Å². The summed E-state index contributed by atoms with van der Waals surface area (Å²) in [5.74, 6) is 0.531. The van der Waals surface area contributed by atoms with Crippen LogP contribution in [0.25, 0.3) is 0 Å². The van der Waals surface area contributed by atoms with Gasteiger partial charge in [-0.2, -0.15) is 0 Å². The minimum absolute atomic E-state index is 0.156. The summed E-state index contributed by atoms with van der Waals surface area (Å²) >= 11 is 0. The molecule has 1 aromatic carbocycles. The highest BCUT2D eigenvalue weighted by Gasteiger charge is 2.25. The van der Waals surface area contributed by atoms with E-state index >= 15 is 0 Å². The first-order chi connectivity index (χ1) is 8.09. The van der Waals surface area contributed by atoms with E-state index in [4.69, 9.17) is 4.74 Å². The highest BCUT2D eigenvalue weighted by molar-refractivity contribution is 6.73. The molecule has 0 heterocycles. The molecule has 0 fully saturated rings. The molecule has 0 unspecified atom stereocenters. The summed E-state index contributed by atoms with van der Waals surface area (Å²) in [5.41, 5.74) is 0.111. The van der Waals surface area contributed by atoms with Crippen molar-refractivity contribution in [2.75, 3.05) is 6.61 Å². The van der Waals surface area contributed by atoms with Crippen LogP contribution in [0.3, 0.4) is 0 Å². The van der Waals surface area contributed by atoms with E-state index in [-0.39, 0.29) is 5.41 Å². The lowest BCUT2D eigenvalue weighted by Gasteiger charge is -2.20. The van der Waals surface area contributed by atoms with Crippen LogP contribution >= 0.6 is 0 Å². The first kappa shape index (κ1) is 14.9. The summed E-state index contributed by atoms with van der Waals surface area (Å²) in [6.45, 7) is 3.51. The predicted octanol–water partition coefficient (Wildman–Crippen LogP) is 3.86. The van der Waals surface area contributed by atoms with Crippen LogP contribution in [0.2, 0.25) is 0 Å². The number of rotatable bonds is 4. The largest absolute Gasteiger partial charge is 0.509 e. The van der Waals surface area contributed by atoms with E-state index in [9.17, 15) is 12.9 Å². The van der Waals surface area contributed by atoms with Crippen molar-refractivity contribution < 1.29 is 17.7 Å². The first-order valence-corrected chi connectivity index (χ1v) is 6.03. The van der Waals surface area contributed by atoms with E-state index in [1.807, 2.05) is 0 Å². The Kier molecular flexibility index (Phi) is 4.35. The van der Waals surface area contributed by atoms with E-state index in [1.165, 1.54) is 6.07 Å². The standard InChI is InChI=1S/C13H19BF3O/c1-10-9-11(14(15,16)17)5-6-12(10)18-8-7-13(2,3)4/h5-6,9H,7-8H2,1-4H3/q-1. The van der Waals surface area contributed by atoms with Crippen molar-refractivity contribution in [3.8, 4) is 5.75 Å². The van der Waals surface area contributed by atoms with Crippen molar-refractivity contribution in [1.82, 2.24) is 0 Å². The SMILES string of the molecule is Cc1cc([B-](F)(F)F)ccc1OCCC(C)(C)C. The molecule has 0 amide bonds. The molecule has 0 saturated carbocycles. The van der Waals surface area contributed by atoms with Gasteiger partial charge in [-0.25, -0.2) is 0 Å². The molecule has 5 heteroatoms. The molecule has 1 rings (SSSR count). The van der Waals surface area contributed by atoms with E-state index in [1.54, 1.807) is 6.92 Å². The molecule has 0 bridgehead atoms. The average molecular weight is 259 g/mol. The lowest BCUT2D eigenvalue weighted by molar-refractivity contribution is 0.242. The summed E-state index contributed by atoms with van der Waals surface area (Å²) in [4.78, 5) is 0. The highest BCUT2D eigenvalue weighted by atomic mass is 19.4. The van der Waals surface area contributed by atoms with E-state index in [0.717, 1.165) is 18.6 Å². The second-order valence-electron chi connectivity index (χ2n) is 5.76. The molecule has 0 aliphatic rings. The second-order valence-corrected chi connectivity index (χ2v) is 5.76. The lowest BCUT2D eigenvalue weighted by Crippen LogP contribution is -2.34. The highest BCUT2D eigenvalue weighted by Crippen LogP contribution is 2.22. The third-order valence-corrected chi connectivity index (χ3v) is 2.69. The van der Waals surface area contributed by atoms with Crippen LogP contribution in [0.4, 0.5) is 12.9 Å². The summed E-state index contributed by atoms with van der Waals surface area (Å²) in [7, 11) is 0. The number of halogens is 3. The molecule has 102 valence electrons. The van der Waals surface area contributed by atoms with Crippen molar-refractivity contribution in [3.63, 3.8) is 0 Å². The Bertz CT molecular complexity index is 408. The topological polar surface area (TPSA) is 9.23 Å². The molecule has 18 heavy (non-hydrogen) atoms. The zero-order valence-electron chi connectivity index (χ0n) is 11.3. The van der Waals surface area contributed by atoms with Crippen LogP contribution in [-0.2, 0) is 0 Å². The molecule has 0 saturated heterocycles. The van der Waals surface area contributed by atoms with Crippen molar-refractivity contribution >= 4 is 12.4 Å². The van der Waals surface area contributed by atoms with E-state index in [2.05, 4.69) is 20.8 Å². The van der Waals surface area contributed by atoms with Gasteiger partial charge in [0.25, 0.3) is 0 Å². The number of aryl methyl sites for hydroxylation is 1. The quantitative estimate of drug-likeness (QED) is 0.746. The van der Waals surface area contributed by atoms with Gasteiger partial charge >= 0.3 is 6.98 Å². The maximum Gasteiger partial charge on any atom is 0.509 e. The van der Waals surface area contributed by atoms with Crippen LogP contribution in [0.1, 0.15) is 32.8 Å². The zero-order valence-corrected chi connectivity index (χ0v) is 11.3. The van der Waals surface area contributed by atoms with Crippen LogP contribution in [-0.4, -0.2) is 13.6 Å². The number of hydrogen-bond donors (Lipinski definition) is 0. The molecule has 0 aliphatic carbocycles. The predicted molar refractivity (Wildman–Crippen MR) is 69.5 cm³/mol. The van der Waals surface area contributed by atoms with Gasteiger partial charge in [0.15, 0.2) is 0 Å². The zero-order chi connectivity index (χ0) is 14.0. The number of benzene rings is 1. The molecular formula is C13H19BF3O-. The van der Waals surface area contributed by atoms with Crippen molar-refractivity contribution in [2.45, 2.75) is 34.1 Å². The van der Waals surface area contributed by atoms with E-state index < -0.39 is 12.4 Å². The molecule has 0 aromatic heterocycles. The minimum Gasteiger partial charge on any atom is -0.493 e. The fraction of sp³-hybridized carbons (Fsp3) is 0.538. The summed E-state index contributed by atoms with van der Waals surface area (Å²) in [5, 5.41) is 0. The maximum absolute atomic E-state index is 12.5. The molecule has 0 radical (unpaired) electrons. The molecular weight excluding hydrogens is 240 g/mol. The summed E-state index contributed by atoms with van der Waals surface area (Å²) in [6.07, 6.45) is 0.859. The third-order valence-electron chi connectivity index (χ3n) is 2.69. The minimum atomic E-state index is -4.93. The van der Waals surface area contributed by atoms with Gasteiger partial charge in [0.05, 0.1) is 6.61 Å². The van der Waals surface area contributed by atoms with Gasteiger partial charge in [-0.1, -0.05) is 32.9 Å². The Morgan fingerprint density at radius 2 is 1.78 bits per heavy atom. The van der Waals surface area contributed by atoms with Gasteiger partial charge in [0, 0.05) is 0 Å². The monoisotopic (exact) mass is 259 g/mol. The molecule has 1 aromatic rings. The number of ether oxygens (including phenoxy) is 1. The Labute approximate surface area is 106 Å². The Hall–Kier alpha value is -1.13. The van der Waals surface area contributed by atoms with Gasteiger partial charge in [0.1, 0.15) is 5.75 Å². The fourth-order valence-corrected chi connectivity index (χ4v) is 1.51. The van der Waals surface area contributed by atoms with Crippen LogP contribution in [0.15, 0.2) is 18.2 Å². The normalized spacial score (nSPS) is 12.6. The van der Waals surface area contributed by atoms with Crippen molar-refractivity contribution in [2.24, 2.45) is 5.41 Å². The molecule has 0 aliphatic heterocycles. The van der Waals surface area contributed by atoms with Crippen LogP contribution < -0.4 is 10.2 Å². The van der Waals surface area contributed by atoms with Crippen molar-refractivity contribution in [1.29, 1.82) is 0 Å². The lowest BCUT2D eigenvalue weighted by atomic mass is 9.79. The second kappa shape index (κ2) is 5.25. The molecule has 0 atom stereocenters. The molecule has 0 N–H and O–H groups in total. The number of hydrogen-bond acceptors (Lipinski definition) is 1. The Balaban J connectivity index is 2.69. The molecule has 1 nitrogen and oxygen atoms in total. The maximum atomic E-state index is 12.5. The van der Waals surface area contributed by atoms with Gasteiger partial charge in [-0.3, -0.25) is 0 Å². The Morgan fingerprint density at radius 1 is 1.17 bits per heavy atom. The van der Waals surface area contributed by atoms with Gasteiger partial charge in [0.2, 0.25) is 0 Å². The summed E-state index contributed by atoms with van der Waals surface area (Å²) in [6, 6.07) is 3.63. The Morgan fingerprint density at radius 3 is 2.22 bits per heavy atom.